The summed E-state index contributed by atoms with van der Waals surface area (Å²) in [5.74, 6) is 1.42. The number of amides is 2. The molecule has 0 bridgehead atoms. The average Bonchev–Trinajstić information content (AvgIpc) is 2.95. The summed E-state index contributed by atoms with van der Waals surface area (Å²) in [6.45, 7) is 3.90. The van der Waals surface area contributed by atoms with Crippen molar-refractivity contribution in [2.24, 2.45) is 0 Å². The van der Waals surface area contributed by atoms with Gasteiger partial charge >= 0.3 is 0 Å². The second-order valence-electron chi connectivity index (χ2n) is 9.11. The number of carbonyl (C=O) groups is 2. The molecule has 3 aromatic carbocycles. The van der Waals surface area contributed by atoms with Crippen LogP contribution in [0.25, 0.3) is 6.08 Å². The Kier molecular flexibility index (Phi) is 8.36. The molecule has 3 aromatic rings. The van der Waals surface area contributed by atoms with Gasteiger partial charge in [-0.05, 0) is 60.9 Å². The second kappa shape index (κ2) is 11.9. The first-order chi connectivity index (χ1) is 18.4. The van der Waals surface area contributed by atoms with Gasteiger partial charge in [-0.1, -0.05) is 43.3 Å². The van der Waals surface area contributed by atoms with Gasteiger partial charge in [-0.2, -0.15) is 0 Å². The van der Waals surface area contributed by atoms with E-state index in [4.69, 9.17) is 14.2 Å². The van der Waals surface area contributed by atoms with E-state index in [1.165, 1.54) is 0 Å². The molecule has 2 amide bonds. The van der Waals surface area contributed by atoms with E-state index in [-0.39, 0.29) is 23.9 Å². The molecule has 0 saturated carbocycles. The maximum atomic E-state index is 13.6. The molecule has 7 heteroatoms. The summed E-state index contributed by atoms with van der Waals surface area (Å²) in [4.78, 5) is 30.4. The second-order valence-corrected chi connectivity index (χ2v) is 9.11. The molecule has 0 saturated heterocycles. The Morgan fingerprint density at radius 3 is 2.18 bits per heavy atom. The fourth-order valence-corrected chi connectivity index (χ4v) is 5.06. The predicted octanol–water partition coefficient (Wildman–Crippen LogP) is 6.04. The number of nitrogens with zero attached hydrogens (tertiary/aromatic N) is 2. The molecule has 1 heterocycles. The Hall–Kier alpha value is -4.26. The van der Waals surface area contributed by atoms with Gasteiger partial charge in [-0.25, -0.2) is 0 Å². The van der Waals surface area contributed by atoms with E-state index in [0.717, 1.165) is 22.5 Å². The minimum atomic E-state index is -0.181. The van der Waals surface area contributed by atoms with Crippen LogP contribution in [0.2, 0.25) is 0 Å². The van der Waals surface area contributed by atoms with E-state index in [1.54, 1.807) is 50.5 Å². The SMILES string of the molecule is CCC(=O)N(c1ccccc1)[C@H]1C[C@H](C)N(C(=O)/C=C/c2cc(OC)c(OC)c(OC)c2)c2ccccc21. The molecule has 38 heavy (non-hydrogen) atoms. The molecule has 4 rings (SSSR count). The first-order valence-electron chi connectivity index (χ1n) is 12.7. The average molecular weight is 515 g/mol. The van der Waals surface area contributed by atoms with E-state index in [0.29, 0.717) is 30.1 Å². The molecule has 2 atom stereocenters. The summed E-state index contributed by atoms with van der Waals surface area (Å²) in [6, 6.07) is 20.8. The highest BCUT2D eigenvalue weighted by molar-refractivity contribution is 6.05. The molecule has 7 nitrogen and oxygen atoms in total. The van der Waals surface area contributed by atoms with Gasteiger partial charge in [0.2, 0.25) is 11.7 Å². The number of hydrogen-bond acceptors (Lipinski definition) is 5. The Balaban J connectivity index is 1.69. The Morgan fingerprint density at radius 1 is 0.947 bits per heavy atom. The maximum absolute atomic E-state index is 13.6. The lowest BCUT2D eigenvalue weighted by atomic mass is 9.89. The normalized spacial score (nSPS) is 16.6. The smallest absolute Gasteiger partial charge is 0.251 e. The van der Waals surface area contributed by atoms with E-state index in [9.17, 15) is 9.59 Å². The van der Waals surface area contributed by atoms with Gasteiger partial charge in [-0.3, -0.25) is 9.59 Å². The predicted molar refractivity (Wildman–Crippen MR) is 150 cm³/mol. The lowest BCUT2D eigenvalue weighted by Gasteiger charge is -2.43. The van der Waals surface area contributed by atoms with E-state index < -0.39 is 0 Å². The van der Waals surface area contributed by atoms with Gasteiger partial charge in [0.15, 0.2) is 11.5 Å². The molecular formula is C31H34N2O5. The number of benzene rings is 3. The van der Waals surface area contributed by atoms with Crippen LogP contribution in [0.1, 0.15) is 43.9 Å². The molecule has 1 aliphatic heterocycles. The standard InChI is InChI=1S/C31H34N2O5/c1-6-29(34)33(23-12-8-7-9-13-23)26-18-21(2)32(25-15-11-10-14-24(25)26)30(35)17-16-22-19-27(36-3)31(38-5)28(20-22)37-4/h7-17,19-21,26H,6,18H2,1-5H3/b17-16+/t21-,26-/m0/s1. The Morgan fingerprint density at radius 2 is 1.58 bits per heavy atom. The molecule has 0 radical (unpaired) electrons. The zero-order valence-corrected chi connectivity index (χ0v) is 22.5. The van der Waals surface area contributed by atoms with Gasteiger partial charge in [0, 0.05) is 29.9 Å². The van der Waals surface area contributed by atoms with Crippen molar-refractivity contribution in [3.63, 3.8) is 0 Å². The first-order valence-corrected chi connectivity index (χ1v) is 12.7. The molecule has 0 fully saturated rings. The van der Waals surface area contributed by atoms with Gasteiger partial charge in [-0.15, -0.1) is 0 Å². The number of rotatable bonds is 8. The van der Waals surface area contributed by atoms with Crippen molar-refractivity contribution in [3.8, 4) is 17.2 Å². The van der Waals surface area contributed by atoms with Crippen molar-refractivity contribution < 1.29 is 23.8 Å². The van der Waals surface area contributed by atoms with Crippen LogP contribution < -0.4 is 24.0 Å². The van der Waals surface area contributed by atoms with Crippen LogP contribution >= 0.6 is 0 Å². The lowest BCUT2D eigenvalue weighted by molar-refractivity contribution is -0.118. The number of hydrogen-bond donors (Lipinski definition) is 0. The molecule has 0 N–H and O–H groups in total. The highest BCUT2D eigenvalue weighted by atomic mass is 16.5. The van der Waals surface area contributed by atoms with Crippen LogP contribution in [0.3, 0.4) is 0 Å². The number of para-hydroxylation sites is 2. The van der Waals surface area contributed by atoms with Crippen molar-refractivity contribution in [2.75, 3.05) is 31.1 Å². The summed E-state index contributed by atoms with van der Waals surface area (Å²) in [7, 11) is 4.66. The topological polar surface area (TPSA) is 68.3 Å². The maximum Gasteiger partial charge on any atom is 0.251 e. The van der Waals surface area contributed by atoms with Gasteiger partial charge < -0.3 is 24.0 Å². The van der Waals surface area contributed by atoms with Crippen molar-refractivity contribution in [2.45, 2.75) is 38.8 Å². The fourth-order valence-electron chi connectivity index (χ4n) is 5.06. The largest absolute Gasteiger partial charge is 0.493 e. The van der Waals surface area contributed by atoms with Crippen LogP contribution in [0.15, 0.2) is 72.8 Å². The van der Waals surface area contributed by atoms with Crippen molar-refractivity contribution >= 4 is 29.3 Å². The molecule has 0 aromatic heterocycles. The molecule has 0 aliphatic carbocycles. The van der Waals surface area contributed by atoms with Gasteiger partial charge in [0.05, 0.1) is 27.4 Å². The minimum absolute atomic E-state index is 0.0466. The number of fused-ring (bicyclic) bond motifs is 1. The zero-order chi connectivity index (χ0) is 27.2. The summed E-state index contributed by atoms with van der Waals surface area (Å²) in [6.07, 6.45) is 4.30. The third-order valence-corrected chi connectivity index (χ3v) is 6.82. The highest BCUT2D eigenvalue weighted by Gasteiger charge is 2.37. The van der Waals surface area contributed by atoms with Crippen LogP contribution in [0, 0.1) is 0 Å². The fraction of sp³-hybridized carbons (Fsp3) is 0.290. The van der Waals surface area contributed by atoms with Crippen LogP contribution in [0.5, 0.6) is 17.2 Å². The van der Waals surface area contributed by atoms with E-state index >= 15 is 0 Å². The summed E-state index contributed by atoms with van der Waals surface area (Å²) < 4.78 is 16.3. The third-order valence-electron chi connectivity index (χ3n) is 6.82. The molecular weight excluding hydrogens is 480 g/mol. The lowest BCUT2D eigenvalue weighted by Crippen LogP contribution is -2.47. The zero-order valence-electron chi connectivity index (χ0n) is 22.5. The third kappa shape index (κ3) is 5.23. The van der Waals surface area contributed by atoms with Crippen LogP contribution in [-0.2, 0) is 9.59 Å². The Labute approximate surface area is 224 Å². The minimum Gasteiger partial charge on any atom is -0.493 e. The van der Waals surface area contributed by atoms with Gasteiger partial charge in [0.1, 0.15) is 0 Å². The van der Waals surface area contributed by atoms with Gasteiger partial charge in [0.25, 0.3) is 5.91 Å². The highest BCUT2D eigenvalue weighted by Crippen LogP contribution is 2.43. The first kappa shape index (κ1) is 26.8. The van der Waals surface area contributed by atoms with Crippen molar-refractivity contribution in [1.82, 2.24) is 0 Å². The van der Waals surface area contributed by atoms with E-state index in [1.807, 2.05) is 73.3 Å². The molecule has 0 unspecified atom stereocenters. The molecule has 198 valence electrons. The van der Waals surface area contributed by atoms with Crippen molar-refractivity contribution in [1.29, 1.82) is 0 Å². The number of carbonyl (C=O) groups excluding carboxylic acids is 2. The summed E-state index contributed by atoms with van der Waals surface area (Å²) >= 11 is 0. The summed E-state index contributed by atoms with van der Waals surface area (Å²) in [5.41, 5.74) is 3.35. The summed E-state index contributed by atoms with van der Waals surface area (Å²) in [5, 5.41) is 0. The molecule has 1 aliphatic rings. The molecule has 0 spiro atoms. The number of anilines is 2. The van der Waals surface area contributed by atoms with E-state index in [2.05, 4.69) is 0 Å². The van der Waals surface area contributed by atoms with Crippen LogP contribution in [-0.4, -0.2) is 39.2 Å². The van der Waals surface area contributed by atoms with Crippen molar-refractivity contribution in [3.05, 3.63) is 83.9 Å². The Bertz CT molecular complexity index is 1300. The monoisotopic (exact) mass is 514 g/mol. The quantitative estimate of drug-likeness (QED) is 0.343. The number of ether oxygens (including phenoxy) is 3. The number of methoxy groups -OCH3 is 3. The van der Waals surface area contributed by atoms with Crippen LogP contribution in [0.4, 0.5) is 11.4 Å².